The van der Waals surface area contributed by atoms with Crippen molar-refractivity contribution in [3.05, 3.63) is 29.8 Å². The fraction of sp³-hybridized carbons (Fsp3) is 0.429. The van der Waals surface area contributed by atoms with Crippen LogP contribution in [0.3, 0.4) is 0 Å². The molecule has 0 saturated carbocycles. The van der Waals surface area contributed by atoms with Crippen LogP contribution in [0, 0.1) is 12.3 Å². The molecule has 1 N–H and O–H groups in total. The van der Waals surface area contributed by atoms with Crippen LogP contribution in [0.4, 0.5) is 5.69 Å². The zero-order valence-electron chi connectivity index (χ0n) is 10.1. The van der Waals surface area contributed by atoms with E-state index in [1.165, 1.54) is 0 Å². The van der Waals surface area contributed by atoms with Crippen molar-refractivity contribution in [1.82, 2.24) is 4.90 Å². The summed E-state index contributed by atoms with van der Waals surface area (Å²) >= 11 is 0. The fourth-order valence-corrected chi connectivity index (χ4v) is 1.94. The maximum absolute atomic E-state index is 5.68. The van der Waals surface area contributed by atoms with Gasteiger partial charge in [0.25, 0.3) is 0 Å². The molecule has 17 heavy (non-hydrogen) atoms. The Morgan fingerprint density at radius 1 is 1.59 bits per heavy atom. The Morgan fingerprint density at radius 3 is 3.24 bits per heavy atom. The number of rotatable bonds is 3. The summed E-state index contributed by atoms with van der Waals surface area (Å²) in [5.41, 5.74) is 1.95. The summed E-state index contributed by atoms with van der Waals surface area (Å²) in [5.74, 6) is 2.63. The van der Waals surface area contributed by atoms with E-state index in [0.29, 0.717) is 0 Å². The number of nitrogens with one attached hydrogen (secondary N) is 1. The van der Waals surface area contributed by atoms with Crippen LogP contribution in [0.25, 0.3) is 0 Å². The Balaban J connectivity index is 1.87. The first kappa shape index (κ1) is 12.0. The Bertz CT molecular complexity index is 411. The molecule has 2 rings (SSSR count). The second kappa shape index (κ2) is 5.72. The first-order valence-corrected chi connectivity index (χ1v) is 5.88. The minimum absolute atomic E-state index is 0.253. The SMILES string of the molecule is C#Cc1cccc(NCC2CN(C)CCO2)c1. The largest absolute Gasteiger partial charge is 0.382 e. The first-order valence-electron chi connectivity index (χ1n) is 5.88. The quantitative estimate of drug-likeness (QED) is 0.795. The molecular weight excluding hydrogens is 212 g/mol. The summed E-state index contributed by atoms with van der Waals surface area (Å²) in [5, 5.41) is 3.36. The molecule has 1 fully saturated rings. The molecule has 0 radical (unpaired) electrons. The van der Waals surface area contributed by atoms with Gasteiger partial charge in [-0.25, -0.2) is 0 Å². The number of hydrogen-bond donors (Lipinski definition) is 1. The molecule has 1 aromatic carbocycles. The topological polar surface area (TPSA) is 24.5 Å². The number of terminal acetylenes is 1. The Kier molecular flexibility index (Phi) is 4.03. The summed E-state index contributed by atoms with van der Waals surface area (Å²) in [7, 11) is 2.12. The van der Waals surface area contributed by atoms with E-state index in [9.17, 15) is 0 Å². The summed E-state index contributed by atoms with van der Waals surface area (Å²) in [4.78, 5) is 2.29. The Morgan fingerprint density at radius 2 is 2.47 bits per heavy atom. The normalized spacial score (nSPS) is 20.8. The number of benzene rings is 1. The van der Waals surface area contributed by atoms with Gasteiger partial charge in [-0.05, 0) is 25.2 Å². The Hall–Kier alpha value is -1.50. The molecule has 90 valence electrons. The van der Waals surface area contributed by atoms with Crippen molar-refractivity contribution in [3.8, 4) is 12.3 Å². The van der Waals surface area contributed by atoms with Crippen LogP contribution in [-0.2, 0) is 4.74 Å². The van der Waals surface area contributed by atoms with E-state index in [0.717, 1.165) is 37.5 Å². The lowest BCUT2D eigenvalue weighted by atomic mass is 10.2. The van der Waals surface area contributed by atoms with E-state index in [2.05, 4.69) is 23.2 Å². The first-order chi connectivity index (χ1) is 8.28. The minimum atomic E-state index is 0.253. The lowest BCUT2D eigenvalue weighted by molar-refractivity contribution is -0.0117. The lowest BCUT2D eigenvalue weighted by Crippen LogP contribution is -2.43. The van der Waals surface area contributed by atoms with Crippen molar-refractivity contribution < 1.29 is 4.74 Å². The van der Waals surface area contributed by atoms with Gasteiger partial charge < -0.3 is 15.0 Å². The summed E-state index contributed by atoms with van der Waals surface area (Å²) in [6, 6.07) is 7.89. The molecule has 0 amide bonds. The third-order valence-corrected chi connectivity index (χ3v) is 2.90. The summed E-state index contributed by atoms with van der Waals surface area (Å²) in [6.45, 7) is 3.62. The van der Waals surface area contributed by atoms with Gasteiger partial charge in [-0.15, -0.1) is 6.42 Å². The maximum Gasteiger partial charge on any atom is 0.0874 e. The number of anilines is 1. The third kappa shape index (κ3) is 3.48. The van der Waals surface area contributed by atoms with Crippen molar-refractivity contribution in [3.63, 3.8) is 0 Å². The highest BCUT2D eigenvalue weighted by Crippen LogP contribution is 2.11. The van der Waals surface area contributed by atoms with Crippen molar-refractivity contribution >= 4 is 5.69 Å². The number of morpholine rings is 1. The van der Waals surface area contributed by atoms with Gasteiger partial charge in [0.05, 0.1) is 12.7 Å². The molecule has 1 unspecified atom stereocenters. The van der Waals surface area contributed by atoms with Gasteiger partial charge in [0.15, 0.2) is 0 Å². The van der Waals surface area contributed by atoms with Crippen LogP contribution in [0.1, 0.15) is 5.56 Å². The minimum Gasteiger partial charge on any atom is -0.382 e. The standard InChI is InChI=1S/C14H18N2O/c1-3-12-5-4-6-13(9-12)15-10-14-11-16(2)7-8-17-14/h1,4-6,9,14-15H,7-8,10-11H2,2H3. The van der Waals surface area contributed by atoms with Crippen molar-refractivity contribution in [2.24, 2.45) is 0 Å². The molecule has 0 bridgehead atoms. The number of ether oxygens (including phenoxy) is 1. The van der Waals surface area contributed by atoms with E-state index in [1.54, 1.807) is 0 Å². The average molecular weight is 230 g/mol. The van der Waals surface area contributed by atoms with Crippen molar-refractivity contribution in [2.45, 2.75) is 6.10 Å². The van der Waals surface area contributed by atoms with Crippen LogP contribution in [0.15, 0.2) is 24.3 Å². The van der Waals surface area contributed by atoms with Crippen LogP contribution < -0.4 is 5.32 Å². The fourth-order valence-electron chi connectivity index (χ4n) is 1.94. The predicted octanol–water partition coefficient (Wildman–Crippen LogP) is 1.41. The highest BCUT2D eigenvalue weighted by Gasteiger charge is 2.16. The van der Waals surface area contributed by atoms with E-state index >= 15 is 0 Å². The predicted molar refractivity (Wildman–Crippen MR) is 70.1 cm³/mol. The molecule has 0 aliphatic carbocycles. The average Bonchev–Trinajstić information content (AvgIpc) is 2.37. The van der Waals surface area contributed by atoms with Gasteiger partial charge in [-0.2, -0.15) is 0 Å². The third-order valence-electron chi connectivity index (χ3n) is 2.90. The molecule has 1 aliphatic rings. The molecule has 1 saturated heterocycles. The van der Waals surface area contributed by atoms with Gasteiger partial charge in [0, 0.05) is 30.9 Å². The van der Waals surface area contributed by atoms with E-state index < -0.39 is 0 Å². The van der Waals surface area contributed by atoms with Crippen molar-refractivity contribution in [2.75, 3.05) is 38.6 Å². The Labute approximate surface area is 103 Å². The molecule has 1 aromatic rings. The molecular formula is C14H18N2O. The molecule has 1 aliphatic heterocycles. The molecule has 1 atom stereocenters. The smallest absolute Gasteiger partial charge is 0.0874 e. The highest BCUT2D eigenvalue weighted by molar-refractivity contribution is 5.49. The van der Waals surface area contributed by atoms with Gasteiger partial charge in [0.2, 0.25) is 0 Å². The number of likely N-dealkylation sites (N-methyl/N-ethyl adjacent to an activating group) is 1. The molecule has 1 heterocycles. The van der Waals surface area contributed by atoms with Crippen LogP contribution in [0.5, 0.6) is 0 Å². The van der Waals surface area contributed by atoms with Gasteiger partial charge in [-0.1, -0.05) is 12.0 Å². The molecule has 3 heteroatoms. The van der Waals surface area contributed by atoms with E-state index in [1.807, 2.05) is 24.3 Å². The summed E-state index contributed by atoms with van der Waals surface area (Å²) in [6.07, 6.45) is 5.62. The second-order valence-corrected chi connectivity index (χ2v) is 4.36. The van der Waals surface area contributed by atoms with Gasteiger partial charge >= 0.3 is 0 Å². The van der Waals surface area contributed by atoms with Gasteiger partial charge in [0.1, 0.15) is 0 Å². The maximum atomic E-state index is 5.68. The zero-order valence-corrected chi connectivity index (χ0v) is 10.1. The van der Waals surface area contributed by atoms with E-state index in [4.69, 9.17) is 11.2 Å². The molecule has 0 aromatic heterocycles. The second-order valence-electron chi connectivity index (χ2n) is 4.36. The monoisotopic (exact) mass is 230 g/mol. The number of nitrogens with zero attached hydrogens (tertiary/aromatic N) is 1. The van der Waals surface area contributed by atoms with Gasteiger partial charge in [-0.3, -0.25) is 0 Å². The molecule has 3 nitrogen and oxygen atoms in total. The lowest BCUT2D eigenvalue weighted by Gasteiger charge is -2.30. The van der Waals surface area contributed by atoms with Crippen LogP contribution >= 0.6 is 0 Å². The van der Waals surface area contributed by atoms with Crippen LogP contribution in [0.2, 0.25) is 0 Å². The number of hydrogen-bond acceptors (Lipinski definition) is 3. The highest BCUT2D eigenvalue weighted by atomic mass is 16.5. The van der Waals surface area contributed by atoms with E-state index in [-0.39, 0.29) is 6.10 Å². The zero-order chi connectivity index (χ0) is 12.1. The van der Waals surface area contributed by atoms with Crippen molar-refractivity contribution in [1.29, 1.82) is 0 Å². The summed E-state index contributed by atoms with van der Waals surface area (Å²) < 4.78 is 5.68. The molecule has 0 spiro atoms. The van der Waals surface area contributed by atoms with Crippen LogP contribution in [-0.4, -0.2) is 44.3 Å².